The van der Waals surface area contributed by atoms with Crippen LogP contribution in [0.3, 0.4) is 0 Å². The van der Waals surface area contributed by atoms with Gasteiger partial charge in [-0.1, -0.05) is 6.92 Å². The smallest absolute Gasteiger partial charge is 0.330 e. The highest BCUT2D eigenvalue weighted by Gasteiger charge is 2.21. The molecule has 9 nitrogen and oxygen atoms in total. The maximum Gasteiger partial charge on any atom is 0.330 e. The zero-order valence-corrected chi connectivity index (χ0v) is 15.1. The van der Waals surface area contributed by atoms with Crippen LogP contribution < -0.4 is 27.2 Å². The van der Waals surface area contributed by atoms with Crippen LogP contribution in [-0.2, 0) is 16.0 Å². The fourth-order valence-electron chi connectivity index (χ4n) is 2.14. The SMILES string of the molecule is CCCn1c(N)c(N(CCOC)C(=S)NCCOC)c(=O)[nH]c1=O. The Kier molecular flexibility index (Phi) is 8.44. The van der Waals surface area contributed by atoms with Gasteiger partial charge in [0.15, 0.2) is 10.8 Å². The van der Waals surface area contributed by atoms with Gasteiger partial charge in [-0.2, -0.15) is 0 Å². The molecule has 0 unspecified atom stereocenters. The molecular formula is C14H25N5O4S. The number of methoxy groups -OCH3 is 2. The zero-order valence-electron chi connectivity index (χ0n) is 14.3. The molecule has 0 saturated heterocycles. The van der Waals surface area contributed by atoms with Crippen molar-refractivity contribution < 1.29 is 9.47 Å². The molecular weight excluding hydrogens is 334 g/mol. The maximum absolute atomic E-state index is 12.3. The quantitative estimate of drug-likeness (QED) is 0.399. The monoisotopic (exact) mass is 359 g/mol. The van der Waals surface area contributed by atoms with Crippen LogP contribution in [0.1, 0.15) is 13.3 Å². The number of anilines is 2. The molecule has 1 rings (SSSR count). The van der Waals surface area contributed by atoms with Crippen LogP contribution in [-0.4, -0.2) is 55.2 Å². The molecule has 0 amide bonds. The molecule has 24 heavy (non-hydrogen) atoms. The van der Waals surface area contributed by atoms with Crippen LogP contribution in [0.5, 0.6) is 0 Å². The van der Waals surface area contributed by atoms with Crippen LogP contribution in [0.15, 0.2) is 9.59 Å². The predicted octanol–water partition coefficient (Wildman–Crippen LogP) is -0.497. The Bertz CT molecular complexity index is 658. The molecule has 0 aliphatic heterocycles. The van der Waals surface area contributed by atoms with Crippen molar-refractivity contribution in [1.29, 1.82) is 0 Å². The average Bonchev–Trinajstić information content (AvgIpc) is 2.54. The number of nitrogens with zero attached hydrogens (tertiary/aromatic N) is 2. The Hall–Kier alpha value is -1.91. The van der Waals surface area contributed by atoms with E-state index in [9.17, 15) is 9.59 Å². The number of hydrogen-bond acceptors (Lipinski definition) is 6. The summed E-state index contributed by atoms with van der Waals surface area (Å²) in [6.07, 6.45) is 0.699. The summed E-state index contributed by atoms with van der Waals surface area (Å²) >= 11 is 5.35. The second-order valence-corrected chi connectivity index (χ2v) is 5.40. The molecule has 1 aromatic heterocycles. The largest absolute Gasteiger partial charge is 0.383 e. The lowest BCUT2D eigenvalue weighted by Crippen LogP contribution is -2.47. The first-order chi connectivity index (χ1) is 11.5. The number of nitrogen functional groups attached to an aromatic ring is 1. The van der Waals surface area contributed by atoms with E-state index >= 15 is 0 Å². The average molecular weight is 359 g/mol. The molecule has 0 bridgehead atoms. The molecule has 0 atom stereocenters. The van der Waals surface area contributed by atoms with E-state index < -0.39 is 11.2 Å². The number of aromatic nitrogens is 2. The highest BCUT2D eigenvalue weighted by Crippen LogP contribution is 2.17. The Morgan fingerprint density at radius 2 is 2.00 bits per heavy atom. The van der Waals surface area contributed by atoms with Crippen molar-refractivity contribution in [3.8, 4) is 0 Å². The number of hydrogen-bond donors (Lipinski definition) is 3. The first-order valence-electron chi connectivity index (χ1n) is 7.63. The molecule has 0 aliphatic rings. The molecule has 1 aromatic rings. The van der Waals surface area contributed by atoms with E-state index in [1.165, 1.54) is 9.47 Å². The molecule has 0 fully saturated rings. The van der Waals surface area contributed by atoms with Gasteiger partial charge in [-0.25, -0.2) is 4.79 Å². The van der Waals surface area contributed by atoms with Gasteiger partial charge < -0.3 is 25.4 Å². The maximum atomic E-state index is 12.3. The zero-order chi connectivity index (χ0) is 18.1. The standard InChI is InChI=1S/C14H25N5O4S/c1-4-6-19-11(15)10(12(20)17-13(19)21)18(7-9-23-3)14(24)16-5-8-22-2/h4-9,15H2,1-3H3,(H,16,24)(H,17,20,21). The topological polar surface area (TPSA) is 115 Å². The highest BCUT2D eigenvalue weighted by molar-refractivity contribution is 7.80. The van der Waals surface area contributed by atoms with Crippen molar-refractivity contribution in [3.63, 3.8) is 0 Å². The summed E-state index contributed by atoms with van der Waals surface area (Å²) in [5.74, 6) is 0.0811. The fraction of sp³-hybridized carbons (Fsp3) is 0.643. The third kappa shape index (κ3) is 5.05. The number of rotatable bonds is 9. The van der Waals surface area contributed by atoms with Gasteiger partial charge in [-0.3, -0.25) is 14.3 Å². The van der Waals surface area contributed by atoms with Crippen LogP contribution >= 0.6 is 12.2 Å². The lowest BCUT2D eigenvalue weighted by atomic mass is 10.3. The molecule has 0 aromatic carbocycles. The Labute approximate surface area is 145 Å². The van der Waals surface area contributed by atoms with E-state index in [4.69, 9.17) is 27.4 Å². The minimum Gasteiger partial charge on any atom is -0.383 e. The van der Waals surface area contributed by atoms with Gasteiger partial charge in [0.1, 0.15) is 5.82 Å². The number of aromatic amines is 1. The molecule has 0 radical (unpaired) electrons. The van der Waals surface area contributed by atoms with Crippen LogP contribution in [0, 0.1) is 0 Å². The number of nitrogens with one attached hydrogen (secondary N) is 2. The third-order valence-corrected chi connectivity index (χ3v) is 3.64. The van der Waals surface area contributed by atoms with E-state index in [1.54, 1.807) is 14.2 Å². The Balaban J connectivity index is 3.26. The summed E-state index contributed by atoms with van der Waals surface area (Å²) in [4.78, 5) is 28.1. The van der Waals surface area contributed by atoms with Gasteiger partial charge in [0.25, 0.3) is 5.56 Å². The predicted molar refractivity (Wildman–Crippen MR) is 97.7 cm³/mol. The summed E-state index contributed by atoms with van der Waals surface area (Å²) in [5.41, 5.74) is 5.10. The summed E-state index contributed by atoms with van der Waals surface area (Å²) < 4.78 is 11.4. The molecule has 4 N–H and O–H groups in total. The number of ether oxygens (including phenoxy) is 2. The molecule has 0 saturated carbocycles. The molecule has 136 valence electrons. The summed E-state index contributed by atoms with van der Waals surface area (Å²) in [6.45, 7) is 3.89. The van der Waals surface area contributed by atoms with Crippen molar-refractivity contribution in [1.82, 2.24) is 14.9 Å². The van der Waals surface area contributed by atoms with Crippen LogP contribution in [0.2, 0.25) is 0 Å². The number of thiocarbonyl (C=S) groups is 1. The number of nitrogens with two attached hydrogens (primary N) is 1. The van der Waals surface area contributed by atoms with Crippen LogP contribution in [0.25, 0.3) is 0 Å². The van der Waals surface area contributed by atoms with Crippen molar-refractivity contribution in [2.75, 3.05) is 51.2 Å². The Morgan fingerprint density at radius 1 is 1.33 bits per heavy atom. The van der Waals surface area contributed by atoms with E-state index in [0.717, 1.165) is 0 Å². The third-order valence-electron chi connectivity index (χ3n) is 3.28. The molecule has 0 aliphatic carbocycles. The second kappa shape index (κ2) is 10.1. The van der Waals surface area contributed by atoms with E-state index in [0.29, 0.717) is 44.4 Å². The van der Waals surface area contributed by atoms with E-state index in [1.807, 2.05) is 6.92 Å². The van der Waals surface area contributed by atoms with Gasteiger partial charge in [-0.05, 0) is 18.6 Å². The summed E-state index contributed by atoms with van der Waals surface area (Å²) in [5, 5.41) is 3.30. The van der Waals surface area contributed by atoms with Crippen molar-refractivity contribution >= 4 is 28.8 Å². The van der Waals surface area contributed by atoms with Gasteiger partial charge in [-0.15, -0.1) is 0 Å². The fourth-order valence-corrected chi connectivity index (χ4v) is 2.42. The number of H-pyrrole nitrogens is 1. The molecule has 1 heterocycles. The Morgan fingerprint density at radius 3 is 2.58 bits per heavy atom. The summed E-state index contributed by atoms with van der Waals surface area (Å²) in [6, 6.07) is 0. The van der Waals surface area contributed by atoms with Gasteiger partial charge >= 0.3 is 5.69 Å². The van der Waals surface area contributed by atoms with E-state index in [-0.39, 0.29) is 11.5 Å². The normalized spacial score (nSPS) is 10.6. The lowest BCUT2D eigenvalue weighted by Gasteiger charge is -2.26. The second-order valence-electron chi connectivity index (χ2n) is 5.01. The minimum absolute atomic E-state index is 0.0811. The summed E-state index contributed by atoms with van der Waals surface area (Å²) in [7, 11) is 3.13. The minimum atomic E-state index is -0.586. The van der Waals surface area contributed by atoms with E-state index in [2.05, 4.69) is 10.3 Å². The van der Waals surface area contributed by atoms with Crippen LogP contribution in [0.4, 0.5) is 11.5 Å². The lowest BCUT2D eigenvalue weighted by molar-refractivity contribution is 0.203. The van der Waals surface area contributed by atoms with Crippen molar-refractivity contribution in [3.05, 3.63) is 20.8 Å². The van der Waals surface area contributed by atoms with Crippen molar-refractivity contribution in [2.24, 2.45) is 0 Å². The van der Waals surface area contributed by atoms with Gasteiger partial charge in [0.05, 0.1) is 13.2 Å². The van der Waals surface area contributed by atoms with Gasteiger partial charge in [0, 0.05) is 33.9 Å². The molecule has 0 spiro atoms. The first-order valence-corrected chi connectivity index (χ1v) is 8.04. The molecule has 10 heteroatoms. The van der Waals surface area contributed by atoms with Crippen molar-refractivity contribution in [2.45, 2.75) is 19.9 Å². The highest BCUT2D eigenvalue weighted by atomic mass is 32.1. The van der Waals surface area contributed by atoms with Gasteiger partial charge in [0.2, 0.25) is 0 Å². The first kappa shape index (κ1) is 20.1.